The maximum Gasteiger partial charge on any atom is 0.250 e. The molecular formula is C16H24ClN11. The van der Waals surface area contributed by atoms with Crippen LogP contribution in [0.2, 0.25) is 5.15 Å². The molecule has 5 N–H and O–H groups in total. The van der Waals surface area contributed by atoms with Crippen molar-refractivity contribution in [1.29, 1.82) is 0 Å². The van der Waals surface area contributed by atoms with Crippen LogP contribution < -0.4 is 26.7 Å². The second-order valence-electron chi connectivity index (χ2n) is 6.04. The number of nitrogen functional groups attached to an aromatic ring is 1. The molecule has 3 rings (SSSR count). The predicted molar refractivity (Wildman–Crippen MR) is 112 cm³/mol. The molecule has 3 heterocycles. The van der Waals surface area contributed by atoms with Crippen molar-refractivity contribution in [3.63, 3.8) is 0 Å². The Morgan fingerprint density at radius 1 is 1.00 bits per heavy atom. The van der Waals surface area contributed by atoms with Crippen LogP contribution in [0, 0.1) is 0 Å². The normalized spacial score (nSPS) is 13.9. The van der Waals surface area contributed by atoms with E-state index in [-0.39, 0.29) is 11.1 Å². The predicted octanol–water partition coefficient (Wildman–Crippen LogP) is 1.81. The molecule has 0 bridgehead atoms. The quantitative estimate of drug-likeness (QED) is 0.291. The molecule has 0 amide bonds. The second kappa shape index (κ2) is 9.31. The molecule has 11 nitrogen and oxygen atoms in total. The molecule has 12 heteroatoms. The molecule has 1 fully saturated rings. The number of halogens is 1. The van der Waals surface area contributed by atoms with Gasteiger partial charge in [-0.05, 0) is 26.7 Å². The Balaban J connectivity index is 1.83. The third kappa shape index (κ3) is 4.85. The summed E-state index contributed by atoms with van der Waals surface area (Å²) in [6.45, 7) is 7.10. The summed E-state index contributed by atoms with van der Waals surface area (Å²) in [7, 11) is 0. The zero-order valence-corrected chi connectivity index (χ0v) is 16.7. The van der Waals surface area contributed by atoms with E-state index in [1.165, 1.54) is 0 Å². The van der Waals surface area contributed by atoms with Gasteiger partial charge in [0.2, 0.25) is 23.8 Å². The maximum absolute atomic E-state index is 6.29. The minimum Gasteiger partial charge on any atom is -0.368 e. The lowest BCUT2D eigenvalue weighted by atomic mass is 10.3. The molecule has 150 valence electrons. The maximum atomic E-state index is 6.29. The Kier molecular flexibility index (Phi) is 6.58. The van der Waals surface area contributed by atoms with E-state index in [1.807, 2.05) is 13.8 Å². The van der Waals surface area contributed by atoms with Gasteiger partial charge >= 0.3 is 0 Å². The van der Waals surface area contributed by atoms with Crippen LogP contribution in [0.5, 0.6) is 0 Å². The van der Waals surface area contributed by atoms with Crippen LogP contribution in [0.1, 0.15) is 32.3 Å². The fourth-order valence-corrected chi connectivity index (χ4v) is 3.00. The molecule has 0 aromatic carbocycles. The van der Waals surface area contributed by atoms with E-state index in [1.54, 1.807) is 6.21 Å². The average molecular weight is 406 g/mol. The number of nitrogens with one attached hydrogen (secondary N) is 3. The summed E-state index contributed by atoms with van der Waals surface area (Å²) in [5.41, 5.74) is 9.18. The van der Waals surface area contributed by atoms with Gasteiger partial charge in [0.1, 0.15) is 11.0 Å². The molecule has 0 unspecified atom stereocenters. The van der Waals surface area contributed by atoms with Crippen molar-refractivity contribution < 1.29 is 0 Å². The molecule has 0 radical (unpaired) electrons. The number of nitrogens with two attached hydrogens (primary N) is 1. The minimum atomic E-state index is 0.139. The van der Waals surface area contributed by atoms with Gasteiger partial charge in [0.05, 0.1) is 11.8 Å². The fraction of sp³-hybridized carbons (Fsp3) is 0.500. The van der Waals surface area contributed by atoms with Crippen molar-refractivity contribution in [2.45, 2.75) is 26.7 Å². The summed E-state index contributed by atoms with van der Waals surface area (Å²) in [5, 5.41) is 10.6. The lowest BCUT2D eigenvalue weighted by molar-refractivity contribution is 0.929. The van der Waals surface area contributed by atoms with E-state index in [9.17, 15) is 0 Å². The van der Waals surface area contributed by atoms with Crippen LogP contribution in [0.15, 0.2) is 5.10 Å². The van der Waals surface area contributed by atoms with Gasteiger partial charge in [0.15, 0.2) is 0 Å². The Morgan fingerprint density at radius 3 is 2.21 bits per heavy atom. The van der Waals surface area contributed by atoms with Gasteiger partial charge in [0, 0.05) is 26.2 Å². The molecule has 0 spiro atoms. The molecule has 2 aromatic heterocycles. The highest BCUT2D eigenvalue weighted by molar-refractivity contribution is 6.32. The number of hydrogen-bond acceptors (Lipinski definition) is 11. The van der Waals surface area contributed by atoms with Gasteiger partial charge < -0.3 is 21.3 Å². The monoisotopic (exact) mass is 405 g/mol. The first kappa shape index (κ1) is 19.8. The summed E-state index contributed by atoms with van der Waals surface area (Å²) in [6, 6.07) is 0. The standard InChI is InChI=1S/C16H24ClN11/c1-3-19-14-24-15(20-4-2)26-16(25-14)27-21-9-10-11(17)22-13(18)23-12(10)28-7-5-6-8-28/h9H,3-8H2,1-2H3,(H2,18,22,23)(H3,19,20,24,25,26,27)/b21-9+. The van der Waals surface area contributed by atoms with E-state index in [4.69, 9.17) is 17.3 Å². The molecule has 0 aliphatic carbocycles. The van der Waals surface area contributed by atoms with E-state index in [0.717, 1.165) is 25.9 Å². The third-order valence-corrected chi connectivity index (χ3v) is 4.25. The van der Waals surface area contributed by atoms with Gasteiger partial charge in [-0.3, -0.25) is 0 Å². The molecule has 1 aliphatic rings. The van der Waals surface area contributed by atoms with Crippen LogP contribution in [0.3, 0.4) is 0 Å². The number of nitrogens with zero attached hydrogens (tertiary/aromatic N) is 7. The number of anilines is 5. The van der Waals surface area contributed by atoms with E-state index >= 15 is 0 Å². The van der Waals surface area contributed by atoms with Crippen molar-refractivity contribution in [2.24, 2.45) is 5.10 Å². The van der Waals surface area contributed by atoms with Crippen molar-refractivity contribution in [3.05, 3.63) is 10.7 Å². The number of rotatable bonds is 8. The molecule has 0 saturated carbocycles. The topological polar surface area (TPSA) is 142 Å². The first-order valence-electron chi connectivity index (χ1n) is 9.21. The summed E-state index contributed by atoms with van der Waals surface area (Å²) in [4.78, 5) is 23.3. The Bertz CT molecular complexity index is 811. The average Bonchev–Trinajstić information content (AvgIpc) is 3.18. The highest BCUT2D eigenvalue weighted by Crippen LogP contribution is 2.26. The SMILES string of the molecule is CCNc1nc(NCC)nc(N/N=C/c2c(Cl)nc(N)nc2N2CCCC2)n1. The van der Waals surface area contributed by atoms with E-state index < -0.39 is 0 Å². The number of hydrazone groups is 1. The van der Waals surface area contributed by atoms with Gasteiger partial charge in [0.25, 0.3) is 0 Å². The third-order valence-electron chi connectivity index (χ3n) is 3.97. The first-order chi connectivity index (χ1) is 13.6. The van der Waals surface area contributed by atoms with Crippen LogP contribution in [0.25, 0.3) is 0 Å². The van der Waals surface area contributed by atoms with Crippen molar-refractivity contribution >= 4 is 47.4 Å². The van der Waals surface area contributed by atoms with Crippen LogP contribution in [0.4, 0.5) is 29.6 Å². The van der Waals surface area contributed by atoms with Crippen LogP contribution >= 0.6 is 11.6 Å². The van der Waals surface area contributed by atoms with Crippen LogP contribution in [-0.4, -0.2) is 57.3 Å². The van der Waals surface area contributed by atoms with E-state index in [0.29, 0.717) is 42.3 Å². The largest absolute Gasteiger partial charge is 0.368 e. The van der Waals surface area contributed by atoms with Gasteiger partial charge in [-0.1, -0.05) is 11.6 Å². The zero-order valence-electron chi connectivity index (χ0n) is 15.9. The molecule has 2 aromatic rings. The van der Waals surface area contributed by atoms with Gasteiger partial charge in [-0.2, -0.15) is 25.0 Å². The lowest BCUT2D eigenvalue weighted by Crippen LogP contribution is -2.22. The minimum absolute atomic E-state index is 0.139. The highest BCUT2D eigenvalue weighted by atomic mass is 35.5. The molecular weight excluding hydrogens is 382 g/mol. The summed E-state index contributed by atoms with van der Waals surface area (Å²) in [6.07, 6.45) is 3.75. The Hall–Kier alpha value is -2.95. The Morgan fingerprint density at radius 2 is 1.61 bits per heavy atom. The number of aromatic nitrogens is 5. The first-order valence-corrected chi connectivity index (χ1v) is 9.59. The van der Waals surface area contributed by atoms with Gasteiger partial charge in [-0.15, -0.1) is 0 Å². The molecule has 28 heavy (non-hydrogen) atoms. The van der Waals surface area contributed by atoms with Crippen molar-refractivity contribution in [1.82, 2.24) is 24.9 Å². The molecule has 1 saturated heterocycles. The lowest BCUT2D eigenvalue weighted by Gasteiger charge is -2.19. The second-order valence-corrected chi connectivity index (χ2v) is 6.40. The molecule has 1 aliphatic heterocycles. The fourth-order valence-electron chi connectivity index (χ4n) is 2.78. The van der Waals surface area contributed by atoms with Gasteiger partial charge in [-0.25, -0.2) is 10.4 Å². The number of hydrogen-bond donors (Lipinski definition) is 4. The van der Waals surface area contributed by atoms with Crippen molar-refractivity contribution in [2.75, 3.05) is 52.9 Å². The summed E-state index contributed by atoms with van der Waals surface area (Å²) < 4.78 is 0. The Labute approximate surface area is 168 Å². The summed E-state index contributed by atoms with van der Waals surface area (Å²) >= 11 is 6.29. The summed E-state index contributed by atoms with van der Waals surface area (Å²) in [5.74, 6) is 2.03. The highest BCUT2D eigenvalue weighted by Gasteiger charge is 2.20. The van der Waals surface area contributed by atoms with E-state index in [2.05, 4.69) is 51.0 Å². The van der Waals surface area contributed by atoms with Crippen molar-refractivity contribution in [3.8, 4) is 0 Å². The smallest absolute Gasteiger partial charge is 0.250 e. The zero-order chi connectivity index (χ0) is 19.9. The molecule has 0 atom stereocenters. The van der Waals surface area contributed by atoms with Crippen LogP contribution in [-0.2, 0) is 0 Å².